The van der Waals surface area contributed by atoms with Gasteiger partial charge in [0.15, 0.2) is 17.3 Å². The van der Waals surface area contributed by atoms with Crippen LogP contribution in [0, 0.1) is 20.2 Å². The lowest BCUT2D eigenvalue weighted by Crippen LogP contribution is -2.03. The van der Waals surface area contributed by atoms with E-state index in [4.69, 9.17) is 9.47 Å². The Balaban J connectivity index is 1.74. The lowest BCUT2D eigenvalue weighted by atomic mass is 10.1. The van der Waals surface area contributed by atoms with E-state index in [0.717, 1.165) is 5.56 Å². The average Bonchev–Trinajstić information content (AvgIpc) is 2.77. The molecule has 3 aromatic carbocycles. The van der Waals surface area contributed by atoms with Gasteiger partial charge in [-0.3, -0.25) is 25.0 Å². The summed E-state index contributed by atoms with van der Waals surface area (Å²) in [5, 5.41) is 21.5. The highest BCUT2D eigenvalue weighted by Crippen LogP contribution is 2.30. The number of carbonyl (C=O) groups is 1. The minimum absolute atomic E-state index is 0.0123. The molecule has 0 aliphatic heterocycles. The van der Waals surface area contributed by atoms with E-state index in [1.807, 2.05) is 0 Å². The molecule has 0 aromatic heterocycles. The van der Waals surface area contributed by atoms with Crippen LogP contribution in [-0.2, 0) is 13.2 Å². The lowest BCUT2D eigenvalue weighted by Gasteiger charge is -2.14. The number of Topliss-reactive ketones (excluding diaryl/α,β-unsaturated/α-hetero) is 1. The van der Waals surface area contributed by atoms with Crippen LogP contribution in [0.4, 0.5) is 11.4 Å². The third-order valence-corrected chi connectivity index (χ3v) is 4.43. The summed E-state index contributed by atoms with van der Waals surface area (Å²) in [6.07, 6.45) is 0. The number of nitro benzene ring substituents is 2. The summed E-state index contributed by atoms with van der Waals surface area (Å²) in [7, 11) is 0. The Morgan fingerprint density at radius 1 is 0.742 bits per heavy atom. The second kappa shape index (κ2) is 9.49. The molecule has 0 N–H and O–H groups in total. The fourth-order valence-corrected chi connectivity index (χ4v) is 2.71. The van der Waals surface area contributed by atoms with Crippen LogP contribution in [0.25, 0.3) is 0 Å². The number of rotatable bonds is 9. The molecule has 0 spiro atoms. The van der Waals surface area contributed by atoms with E-state index in [1.54, 1.807) is 42.5 Å². The minimum Gasteiger partial charge on any atom is -0.485 e. The zero-order valence-electron chi connectivity index (χ0n) is 16.5. The molecule has 0 unspecified atom stereocenters. The van der Waals surface area contributed by atoms with Crippen molar-refractivity contribution in [1.82, 2.24) is 0 Å². The van der Waals surface area contributed by atoms with Crippen LogP contribution >= 0.6 is 0 Å². The van der Waals surface area contributed by atoms with E-state index < -0.39 is 9.85 Å². The lowest BCUT2D eigenvalue weighted by molar-refractivity contribution is -0.385. The number of benzene rings is 3. The average molecular weight is 422 g/mol. The summed E-state index contributed by atoms with van der Waals surface area (Å²) < 4.78 is 11.6. The Kier molecular flexibility index (Phi) is 6.56. The molecule has 0 saturated carbocycles. The first kappa shape index (κ1) is 21.4. The molecular formula is C22H18N2O7. The maximum atomic E-state index is 11.7. The number of non-ortho nitro benzene ring substituents is 2. The zero-order chi connectivity index (χ0) is 22.4. The summed E-state index contributed by atoms with van der Waals surface area (Å²) in [5.74, 6) is 0.598. The summed E-state index contributed by atoms with van der Waals surface area (Å²) in [6, 6.07) is 16.7. The topological polar surface area (TPSA) is 122 Å². The number of hydrogen-bond donors (Lipinski definition) is 0. The van der Waals surface area contributed by atoms with Gasteiger partial charge in [-0.1, -0.05) is 0 Å². The van der Waals surface area contributed by atoms with Crippen LogP contribution in [0.3, 0.4) is 0 Å². The number of hydrogen-bond acceptors (Lipinski definition) is 7. The van der Waals surface area contributed by atoms with E-state index in [9.17, 15) is 25.0 Å². The Hall–Kier alpha value is -4.27. The Morgan fingerprint density at radius 2 is 1.19 bits per heavy atom. The van der Waals surface area contributed by atoms with E-state index >= 15 is 0 Å². The first-order valence-electron chi connectivity index (χ1n) is 9.21. The molecular weight excluding hydrogens is 404 g/mol. The molecule has 3 rings (SSSR count). The molecule has 158 valence electrons. The third-order valence-electron chi connectivity index (χ3n) is 4.43. The molecule has 0 aliphatic rings. The van der Waals surface area contributed by atoms with Gasteiger partial charge in [-0.25, -0.2) is 0 Å². The van der Waals surface area contributed by atoms with Gasteiger partial charge >= 0.3 is 0 Å². The first-order chi connectivity index (χ1) is 14.8. The van der Waals surface area contributed by atoms with Crippen LogP contribution in [0.1, 0.15) is 28.4 Å². The number of nitro groups is 2. The molecule has 0 radical (unpaired) electrons. The quantitative estimate of drug-likeness (QED) is 0.274. The summed E-state index contributed by atoms with van der Waals surface area (Å²) >= 11 is 0. The normalized spacial score (nSPS) is 10.4. The summed E-state index contributed by atoms with van der Waals surface area (Å²) in [4.78, 5) is 32.3. The minimum atomic E-state index is -0.481. The standard InChI is InChI=1S/C22H18N2O7/c1-15(25)18-6-11-21(30-13-16-2-7-19(8-3-16)23(26)27)22(12-18)31-14-17-4-9-20(10-5-17)24(28)29/h2-12H,13-14H2,1H3. The van der Waals surface area contributed by atoms with Gasteiger partial charge < -0.3 is 9.47 Å². The van der Waals surface area contributed by atoms with Crippen molar-refractivity contribution in [3.05, 3.63) is 104 Å². The van der Waals surface area contributed by atoms with Crippen LogP contribution < -0.4 is 9.47 Å². The largest absolute Gasteiger partial charge is 0.485 e. The van der Waals surface area contributed by atoms with Crippen LogP contribution in [0.15, 0.2) is 66.7 Å². The van der Waals surface area contributed by atoms with Crippen molar-refractivity contribution in [2.75, 3.05) is 0 Å². The summed E-state index contributed by atoms with van der Waals surface area (Å²) in [6.45, 7) is 1.70. The van der Waals surface area contributed by atoms with Crippen molar-refractivity contribution < 1.29 is 24.1 Å². The smallest absolute Gasteiger partial charge is 0.269 e. The Morgan fingerprint density at radius 3 is 1.61 bits per heavy atom. The van der Waals surface area contributed by atoms with Gasteiger partial charge in [0.1, 0.15) is 13.2 Å². The second-order valence-electron chi connectivity index (χ2n) is 6.64. The van der Waals surface area contributed by atoms with E-state index in [0.29, 0.717) is 22.6 Å². The fraction of sp³-hybridized carbons (Fsp3) is 0.136. The van der Waals surface area contributed by atoms with Gasteiger partial charge in [-0.05, 0) is 60.5 Å². The first-order valence-corrected chi connectivity index (χ1v) is 9.21. The third kappa shape index (κ3) is 5.63. The second-order valence-corrected chi connectivity index (χ2v) is 6.64. The highest BCUT2D eigenvalue weighted by molar-refractivity contribution is 5.94. The number of nitrogens with zero attached hydrogens (tertiary/aromatic N) is 2. The molecule has 9 nitrogen and oxygen atoms in total. The molecule has 0 saturated heterocycles. The van der Waals surface area contributed by atoms with Crippen molar-refractivity contribution in [2.24, 2.45) is 0 Å². The molecule has 0 heterocycles. The van der Waals surface area contributed by atoms with E-state index in [-0.39, 0.29) is 30.4 Å². The molecule has 0 bridgehead atoms. The van der Waals surface area contributed by atoms with Crippen LogP contribution in [0.2, 0.25) is 0 Å². The van der Waals surface area contributed by atoms with Gasteiger partial charge in [0, 0.05) is 29.8 Å². The van der Waals surface area contributed by atoms with Crippen molar-refractivity contribution >= 4 is 17.2 Å². The summed E-state index contributed by atoms with van der Waals surface area (Å²) in [5.41, 5.74) is 1.85. The highest BCUT2D eigenvalue weighted by atomic mass is 16.6. The number of ketones is 1. The number of ether oxygens (including phenoxy) is 2. The van der Waals surface area contributed by atoms with E-state index in [2.05, 4.69) is 0 Å². The molecule has 0 fully saturated rings. The molecule has 31 heavy (non-hydrogen) atoms. The van der Waals surface area contributed by atoms with Gasteiger partial charge in [0.25, 0.3) is 11.4 Å². The van der Waals surface area contributed by atoms with Gasteiger partial charge in [0.05, 0.1) is 9.85 Å². The monoisotopic (exact) mass is 422 g/mol. The Bertz CT molecular complexity index is 1110. The van der Waals surface area contributed by atoms with Gasteiger partial charge in [-0.15, -0.1) is 0 Å². The van der Waals surface area contributed by atoms with Gasteiger partial charge in [0.2, 0.25) is 0 Å². The molecule has 0 aliphatic carbocycles. The molecule has 3 aromatic rings. The van der Waals surface area contributed by atoms with Crippen LogP contribution in [-0.4, -0.2) is 15.6 Å². The Labute approximate surface area is 177 Å². The van der Waals surface area contributed by atoms with Crippen molar-refractivity contribution in [3.8, 4) is 11.5 Å². The van der Waals surface area contributed by atoms with Gasteiger partial charge in [-0.2, -0.15) is 0 Å². The number of carbonyl (C=O) groups excluding carboxylic acids is 1. The highest BCUT2D eigenvalue weighted by Gasteiger charge is 2.12. The predicted octanol–water partition coefficient (Wildman–Crippen LogP) is 4.86. The van der Waals surface area contributed by atoms with Crippen LogP contribution in [0.5, 0.6) is 11.5 Å². The zero-order valence-corrected chi connectivity index (χ0v) is 16.5. The SMILES string of the molecule is CC(=O)c1ccc(OCc2ccc([N+](=O)[O-])cc2)c(OCc2ccc([N+](=O)[O-])cc2)c1. The molecule has 9 heteroatoms. The van der Waals surface area contributed by atoms with E-state index in [1.165, 1.54) is 31.2 Å². The van der Waals surface area contributed by atoms with Crippen molar-refractivity contribution in [2.45, 2.75) is 20.1 Å². The predicted molar refractivity (Wildman–Crippen MR) is 111 cm³/mol. The molecule has 0 atom stereocenters. The maximum absolute atomic E-state index is 11.7. The van der Waals surface area contributed by atoms with Crippen molar-refractivity contribution in [1.29, 1.82) is 0 Å². The molecule has 0 amide bonds. The maximum Gasteiger partial charge on any atom is 0.269 e. The fourth-order valence-electron chi connectivity index (χ4n) is 2.71. The van der Waals surface area contributed by atoms with Crippen molar-refractivity contribution in [3.63, 3.8) is 0 Å².